The minimum Gasteiger partial charge on any atom is -0.394 e. The molecular formula is C16H32O7. The van der Waals surface area contributed by atoms with Gasteiger partial charge in [0, 0.05) is 0 Å². The van der Waals surface area contributed by atoms with Gasteiger partial charge in [0.05, 0.1) is 64.1 Å². The number of hydrogen-bond donors (Lipinski definition) is 2. The van der Waals surface area contributed by atoms with Crippen molar-refractivity contribution in [3.63, 3.8) is 0 Å². The summed E-state index contributed by atoms with van der Waals surface area (Å²) in [6, 6.07) is 0. The molecule has 0 amide bonds. The van der Waals surface area contributed by atoms with Gasteiger partial charge in [-0.15, -0.1) is 0 Å². The van der Waals surface area contributed by atoms with Gasteiger partial charge in [-0.2, -0.15) is 0 Å². The molecule has 0 aromatic carbocycles. The molecular weight excluding hydrogens is 304 g/mol. The summed E-state index contributed by atoms with van der Waals surface area (Å²) in [4.78, 5) is 0. The van der Waals surface area contributed by atoms with Crippen LogP contribution in [0.5, 0.6) is 0 Å². The Bertz CT molecular complexity index is 282. The molecule has 0 aromatic heterocycles. The fraction of sp³-hybridized carbons (Fsp3) is 1.00. The van der Waals surface area contributed by atoms with Crippen molar-refractivity contribution in [3.8, 4) is 0 Å². The van der Waals surface area contributed by atoms with Crippen LogP contribution in [0.4, 0.5) is 0 Å². The van der Waals surface area contributed by atoms with Gasteiger partial charge in [-0.05, 0) is 27.7 Å². The van der Waals surface area contributed by atoms with Crippen LogP contribution < -0.4 is 0 Å². The molecule has 2 heterocycles. The van der Waals surface area contributed by atoms with Crippen LogP contribution in [0.25, 0.3) is 0 Å². The highest BCUT2D eigenvalue weighted by molar-refractivity contribution is 4.95. The van der Waals surface area contributed by atoms with Gasteiger partial charge in [0.2, 0.25) is 0 Å². The number of aliphatic hydroxyl groups is 2. The van der Waals surface area contributed by atoms with Gasteiger partial charge in [-0.3, -0.25) is 0 Å². The lowest BCUT2D eigenvalue weighted by Gasteiger charge is -2.34. The normalized spacial score (nSPS) is 23.2. The monoisotopic (exact) mass is 336 g/mol. The van der Waals surface area contributed by atoms with Crippen LogP contribution in [0.2, 0.25) is 0 Å². The average Bonchev–Trinajstić information content (AvgIpc) is 3.30. The van der Waals surface area contributed by atoms with E-state index in [9.17, 15) is 0 Å². The Balaban J connectivity index is 0.000000241. The molecule has 2 atom stereocenters. The second-order valence-corrected chi connectivity index (χ2v) is 6.62. The molecule has 2 aliphatic rings. The maximum atomic E-state index is 8.26. The number of hydrogen-bond acceptors (Lipinski definition) is 7. The van der Waals surface area contributed by atoms with Crippen LogP contribution >= 0.6 is 0 Å². The van der Waals surface area contributed by atoms with Crippen LogP contribution in [0.15, 0.2) is 0 Å². The Hall–Kier alpha value is -0.280. The molecule has 0 bridgehead atoms. The van der Waals surface area contributed by atoms with E-state index in [4.69, 9.17) is 33.9 Å². The molecule has 2 fully saturated rings. The van der Waals surface area contributed by atoms with E-state index in [0.717, 1.165) is 13.2 Å². The summed E-state index contributed by atoms with van der Waals surface area (Å²) < 4.78 is 26.3. The summed E-state index contributed by atoms with van der Waals surface area (Å²) >= 11 is 0. The minimum atomic E-state index is -0.185. The van der Waals surface area contributed by atoms with Gasteiger partial charge in [0.15, 0.2) is 0 Å². The zero-order chi connectivity index (χ0) is 17.3. The molecule has 0 spiro atoms. The lowest BCUT2D eigenvalue weighted by atomic mass is 10.0. The zero-order valence-corrected chi connectivity index (χ0v) is 14.7. The fourth-order valence-electron chi connectivity index (χ4n) is 2.16. The zero-order valence-electron chi connectivity index (χ0n) is 14.7. The summed E-state index contributed by atoms with van der Waals surface area (Å²) in [5, 5.41) is 16.5. The first kappa shape index (κ1) is 20.8. The largest absolute Gasteiger partial charge is 0.394 e. The highest BCUT2D eigenvalue weighted by Crippen LogP contribution is 2.36. The molecule has 7 heteroatoms. The van der Waals surface area contributed by atoms with Crippen molar-refractivity contribution < 1.29 is 33.9 Å². The van der Waals surface area contributed by atoms with Crippen molar-refractivity contribution in [2.75, 3.05) is 52.9 Å². The van der Waals surface area contributed by atoms with Gasteiger partial charge >= 0.3 is 0 Å². The maximum absolute atomic E-state index is 8.26. The van der Waals surface area contributed by atoms with Gasteiger partial charge < -0.3 is 33.9 Å². The molecule has 2 rings (SSSR count). The number of rotatable bonds is 11. The molecule has 0 radical (unpaired) electrons. The molecule has 2 N–H and O–H groups in total. The summed E-state index contributed by atoms with van der Waals surface area (Å²) in [5.74, 6) is 0. The third kappa shape index (κ3) is 8.95. The summed E-state index contributed by atoms with van der Waals surface area (Å²) in [6.07, 6.45) is 0.538. The number of epoxide rings is 2. The van der Waals surface area contributed by atoms with E-state index < -0.39 is 0 Å². The van der Waals surface area contributed by atoms with Gasteiger partial charge in [-0.25, -0.2) is 0 Å². The highest BCUT2D eigenvalue weighted by atomic mass is 16.6. The first-order chi connectivity index (χ1) is 10.8. The van der Waals surface area contributed by atoms with Crippen LogP contribution in [0, 0.1) is 0 Å². The molecule has 138 valence electrons. The van der Waals surface area contributed by atoms with Crippen LogP contribution in [-0.4, -0.2) is 86.5 Å². The standard InChI is InChI=1S/C10H18O3.C6H14O4/c1-9(2,7-5-11-7)13-10(3,4)8-6-12-8;7-1-3-9-5-6-10-4-2-8/h7-8H,5-6H2,1-4H3;7-8H,1-6H2. The summed E-state index contributed by atoms with van der Waals surface area (Å²) in [5.41, 5.74) is -0.370. The Morgan fingerprint density at radius 2 is 1.13 bits per heavy atom. The Kier molecular flexibility index (Phi) is 8.92. The predicted octanol–water partition coefficient (Wildman–Crippen LogP) is 0.362. The second kappa shape index (κ2) is 9.88. The smallest absolute Gasteiger partial charge is 0.109 e. The molecule has 2 saturated heterocycles. The van der Waals surface area contributed by atoms with E-state index in [1.54, 1.807) is 0 Å². The van der Waals surface area contributed by atoms with Crippen molar-refractivity contribution in [3.05, 3.63) is 0 Å². The van der Waals surface area contributed by atoms with Crippen LogP contribution in [0.3, 0.4) is 0 Å². The third-order valence-corrected chi connectivity index (χ3v) is 3.59. The van der Waals surface area contributed by atoms with Crippen molar-refractivity contribution in [1.82, 2.24) is 0 Å². The van der Waals surface area contributed by atoms with E-state index in [-0.39, 0.29) is 36.6 Å². The van der Waals surface area contributed by atoms with Crippen molar-refractivity contribution in [1.29, 1.82) is 0 Å². The molecule has 0 aromatic rings. The van der Waals surface area contributed by atoms with Gasteiger partial charge in [0.1, 0.15) is 12.2 Å². The lowest BCUT2D eigenvalue weighted by Crippen LogP contribution is -2.44. The number of ether oxygens (including phenoxy) is 5. The molecule has 2 aliphatic heterocycles. The number of aliphatic hydroxyl groups excluding tert-OH is 2. The summed E-state index contributed by atoms with van der Waals surface area (Å²) in [6.45, 7) is 11.7. The summed E-state index contributed by atoms with van der Waals surface area (Å²) in [7, 11) is 0. The average molecular weight is 336 g/mol. The third-order valence-electron chi connectivity index (χ3n) is 3.59. The Labute approximate surface area is 138 Å². The molecule has 7 nitrogen and oxygen atoms in total. The van der Waals surface area contributed by atoms with E-state index >= 15 is 0 Å². The SMILES string of the molecule is CC(C)(OC(C)(C)C1CO1)C1CO1.OCCOCCOCCO. The van der Waals surface area contributed by atoms with E-state index in [2.05, 4.69) is 27.7 Å². The van der Waals surface area contributed by atoms with Gasteiger partial charge in [0.25, 0.3) is 0 Å². The highest BCUT2D eigenvalue weighted by Gasteiger charge is 2.49. The topological polar surface area (TPSA) is 93.2 Å². The second-order valence-electron chi connectivity index (χ2n) is 6.62. The first-order valence-corrected chi connectivity index (χ1v) is 8.14. The van der Waals surface area contributed by atoms with Crippen molar-refractivity contribution in [2.45, 2.75) is 51.1 Å². The molecule has 2 unspecified atom stereocenters. The Morgan fingerprint density at radius 1 is 0.783 bits per heavy atom. The minimum absolute atomic E-state index is 0.0417. The quantitative estimate of drug-likeness (QED) is 0.416. The van der Waals surface area contributed by atoms with Gasteiger partial charge in [-0.1, -0.05) is 0 Å². The molecule has 0 aliphatic carbocycles. The van der Waals surface area contributed by atoms with Crippen molar-refractivity contribution >= 4 is 0 Å². The molecule has 23 heavy (non-hydrogen) atoms. The van der Waals surface area contributed by atoms with Crippen molar-refractivity contribution in [2.24, 2.45) is 0 Å². The van der Waals surface area contributed by atoms with E-state index in [1.807, 2.05) is 0 Å². The Morgan fingerprint density at radius 3 is 1.39 bits per heavy atom. The first-order valence-electron chi connectivity index (χ1n) is 8.14. The van der Waals surface area contributed by atoms with E-state index in [1.165, 1.54) is 0 Å². The fourth-order valence-corrected chi connectivity index (χ4v) is 2.16. The maximum Gasteiger partial charge on any atom is 0.109 e. The predicted molar refractivity (Wildman–Crippen MR) is 84.5 cm³/mol. The van der Waals surface area contributed by atoms with Crippen LogP contribution in [-0.2, 0) is 23.7 Å². The van der Waals surface area contributed by atoms with E-state index in [0.29, 0.717) is 26.4 Å². The molecule has 0 saturated carbocycles. The lowest BCUT2D eigenvalue weighted by molar-refractivity contribution is -0.142. The van der Waals surface area contributed by atoms with Crippen LogP contribution in [0.1, 0.15) is 27.7 Å².